The van der Waals surface area contributed by atoms with Crippen molar-refractivity contribution in [3.63, 3.8) is 0 Å². The van der Waals surface area contributed by atoms with Gasteiger partial charge in [0.25, 0.3) is 0 Å². The van der Waals surface area contributed by atoms with Gasteiger partial charge in [-0.3, -0.25) is 9.59 Å². The number of carbonyl (C=O) groups excluding carboxylic acids is 2. The largest absolute Gasteiger partial charge is 0.497 e. The highest BCUT2D eigenvalue weighted by Gasteiger charge is 2.40. The summed E-state index contributed by atoms with van der Waals surface area (Å²) in [6.07, 6.45) is -6.02. The van der Waals surface area contributed by atoms with Crippen LogP contribution in [0.2, 0.25) is 0 Å². The number of rotatable bonds is 8. The normalized spacial score (nSPS) is 13.5. The Morgan fingerprint density at radius 2 is 1.85 bits per heavy atom. The van der Waals surface area contributed by atoms with E-state index in [1.165, 1.54) is 21.1 Å². The molecule has 1 aromatic carbocycles. The molecule has 0 bridgehead atoms. The zero-order valence-corrected chi connectivity index (χ0v) is 15.5. The van der Waals surface area contributed by atoms with Crippen molar-refractivity contribution in [3.05, 3.63) is 23.8 Å². The van der Waals surface area contributed by atoms with Crippen molar-refractivity contribution in [3.8, 4) is 11.5 Å². The van der Waals surface area contributed by atoms with Crippen molar-refractivity contribution in [1.29, 1.82) is 0 Å². The average Bonchev–Trinajstić information content (AvgIpc) is 2.59. The van der Waals surface area contributed by atoms with Gasteiger partial charge >= 0.3 is 12.1 Å². The van der Waals surface area contributed by atoms with Crippen LogP contribution < -0.4 is 14.8 Å². The monoisotopic (exact) mass is 392 g/mol. The maximum Gasteiger partial charge on any atom is 0.471 e. The van der Waals surface area contributed by atoms with Gasteiger partial charge in [0.05, 0.1) is 20.3 Å². The van der Waals surface area contributed by atoms with E-state index in [-0.39, 0.29) is 13.1 Å². The minimum absolute atomic E-state index is 0.0386. The lowest BCUT2D eigenvalue weighted by Crippen LogP contribution is -2.51. The van der Waals surface area contributed by atoms with Gasteiger partial charge < -0.3 is 24.8 Å². The van der Waals surface area contributed by atoms with Crippen LogP contribution in [0.25, 0.3) is 0 Å². The molecule has 0 unspecified atom stereocenters. The quantitative estimate of drug-likeness (QED) is 0.700. The van der Waals surface area contributed by atoms with Crippen LogP contribution in [0.3, 0.4) is 0 Å². The minimum Gasteiger partial charge on any atom is -0.497 e. The molecule has 27 heavy (non-hydrogen) atoms. The first-order valence-corrected chi connectivity index (χ1v) is 8.05. The smallest absolute Gasteiger partial charge is 0.471 e. The van der Waals surface area contributed by atoms with Gasteiger partial charge in [-0.15, -0.1) is 0 Å². The second-order valence-electron chi connectivity index (χ2n) is 5.94. The summed E-state index contributed by atoms with van der Waals surface area (Å²) in [7, 11) is 2.90. The number of hydrogen-bond donors (Lipinski definition) is 2. The molecule has 0 aromatic heterocycles. The lowest BCUT2D eigenvalue weighted by molar-refractivity contribution is -0.175. The molecule has 0 saturated heterocycles. The molecule has 0 saturated carbocycles. The Hall–Kier alpha value is -2.49. The van der Waals surface area contributed by atoms with E-state index in [9.17, 15) is 27.9 Å². The number of nitrogens with one attached hydrogen (secondary N) is 1. The van der Waals surface area contributed by atoms with Crippen LogP contribution in [0, 0.1) is 0 Å². The van der Waals surface area contributed by atoms with E-state index in [1.807, 2.05) is 0 Å². The number of aliphatic hydroxyl groups is 1. The lowest BCUT2D eigenvalue weighted by Gasteiger charge is -2.28. The van der Waals surface area contributed by atoms with E-state index in [0.29, 0.717) is 17.1 Å². The van der Waals surface area contributed by atoms with E-state index in [0.717, 1.165) is 11.8 Å². The van der Waals surface area contributed by atoms with Crippen LogP contribution in [0.5, 0.6) is 11.5 Å². The van der Waals surface area contributed by atoms with Crippen LogP contribution >= 0.6 is 0 Å². The lowest BCUT2D eigenvalue weighted by atomic mass is 10.1. The summed E-state index contributed by atoms with van der Waals surface area (Å²) in [5.41, 5.74) is 0.557. The molecular weight excluding hydrogens is 369 g/mol. The predicted octanol–water partition coefficient (Wildman–Crippen LogP) is 1.48. The van der Waals surface area contributed by atoms with Crippen LogP contribution in [-0.2, 0) is 16.1 Å². The van der Waals surface area contributed by atoms with Crippen molar-refractivity contribution in [2.75, 3.05) is 20.8 Å². The number of nitrogens with zero attached hydrogens (tertiary/aromatic N) is 1. The molecule has 0 aliphatic rings. The van der Waals surface area contributed by atoms with Crippen LogP contribution in [0.1, 0.15) is 19.4 Å². The van der Waals surface area contributed by atoms with Crippen molar-refractivity contribution < 1.29 is 37.3 Å². The number of carbonyl (C=O) groups is 2. The molecular formula is C17H23F3N2O5. The van der Waals surface area contributed by atoms with Gasteiger partial charge in [0.1, 0.15) is 17.5 Å². The molecule has 2 amide bonds. The van der Waals surface area contributed by atoms with E-state index in [1.54, 1.807) is 23.5 Å². The predicted molar refractivity (Wildman–Crippen MR) is 90.3 cm³/mol. The molecule has 0 spiro atoms. The fourth-order valence-electron chi connectivity index (χ4n) is 2.35. The standard InChI is InChI=1S/C17H23F3N2O5/c1-10(23)8-22(15(24)11(2)21-16(25)17(18,19)20)9-12-5-6-13(26-3)7-14(12)27-4/h5-7,10-11,23H,8-9H2,1-4H3,(H,21,25)/t10-,11-/m0/s1. The van der Waals surface area contributed by atoms with Crippen molar-refractivity contribution in [1.82, 2.24) is 10.2 Å². The summed E-state index contributed by atoms with van der Waals surface area (Å²) >= 11 is 0. The SMILES string of the molecule is COc1ccc(CN(C[C@H](C)O)C(=O)[C@H](C)NC(=O)C(F)(F)F)c(OC)c1. The highest BCUT2D eigenvalue weighted by Crippen LogP contribution is 2.26. The van der Waals surface area contributed by atoms with E-state index < -0.39 is 30.1 Å². The Balaban J connectivity index is 3.02. The molecule has 0 fully saturated rings. The maximum atomic E-state index is 12.5. The van der Waals surface area contributed by atoms with Gasteiger partial charge in [-0.1, -0.05) is 0 Å². The number of alkyl halides is 3. The van der Waals surface area contributed by atoms with Gasteiger partial charge in [-0.05, 0) is 26.0 Å². The highest BCUT2D eigenvalue weighted by molar-refractivity contribution is 5.89. The Labute approximate surface area is 155 Å². The van der Waals surface area contributed by atoms with Gasteiger partial charge in [0.15, 0.2) is 0 Å². The Morgan fingerprint density at radius 3 is 2.33 bits per heavy atom. The van der Waals surface area contributed by atoms with E-state index >= 15 is 0 Å². The zero-order chi connectivity index (χ0) is 20.8. The van der Waals surface area contributed by atoms with E-state index in [2.05, 4.69) is 0 Å². The second-order valence-corrected chi connectivity index (χ2v) is 5.94. The number of hydrogen-bond acceptors (Lipinski definition) is 5. The first kappa shape index (κ1) is 22.6. The van der Waals surface area contributed by atoms with Crippen molar-refractivity contribution in [2.45, 2.75) is 38.7 Å². The molecule has 0 radical (unpaired) electrons. The van der Waals surface area contributed by atoms with Crippen LogP contribution in [0.15, 0.2) is 18.2 Å². The molecule has 2 atom stereocenters. The Morgan fingerprint density at radius 1 is 1.22 bits per heavy atom. The molecule has 0 heterocycles. The Bertz CT molecular complexity index is 664. The summed E-state index contributed by atoms with van der Waals surface area (Å²) < 4.78 is 47.5. The highest BCUT2D eigenvalue weighted by atomic mass is 19.4. The third-order valence-corrected chi connectivity index (χ3v) is 3.63. The van der Waals surface area contributed by atoms with Gasteiger partial charge in [0, 0.05) is 24.7 Å². The molecule has 1 rings (SSSR count). The topological polar surface area (TPSA) is 88.1 Å². The number of halogens is 3. The zero-order valence-electron chi connectivity index (χ0n) is 15.5. The van der Waals surface area contributed by atoms with Crippen LogP contribution in [0.4, 0.5) is 13.2 Å². The van der Waals surface area contributed by atoms with Gasteiger partial charge in [-0.2, -0.15) is 13.2 Å². The summed E-state index contributed by atoms with van der Waals surface area (Å²) in [6.45, 7) is 2.40. The second kappa shape index (κ2) is 9.45. The Kier molecular flexibility index (Phi) is 7.89. The molecule has 1 aromatic rings. The van der Waals surface area contributed by atoms with Crippen molar-refractivity contribution >= 4 is 11.8 Å². The number of methoxy groups -OCH3 is 2. The maximum absolute atomic E-state index is 12.5. The first-order valence-electron chi connectivity index (χ1n) is 8.05. The van der Waals surface area contributed by atoms with E-state index in [4.69, 9.17) is 9.47 Å². The fourth-order valence-corrected chi connectivity index (χ4v) is 2.35. The van der Waals surface area contributed by atoms with Gasteiger partial charge in [0.2, 0.25) is 5.91 Å². The first-order chi connectivity index (χ1) is 12.5. The molecule has 0 aliphatic carbocycles. The fraction of sp³-hybridized carbons (Fsp3) is 0.529. The molecule has 10 heteroatoms. The number of ether oxygens (including phenoxy) is 2. The van der Waals surface area contributed by atoms with Crippen LogP contribution in [-0.4, -0.2) is 60.9 Å². The summed E-state index contributed by atoms with van der Waals surface area (Å²) in [5, 5.41) is 11.3. The summed E-state index contributed by atoms with van der Waals surface area (Å²) in [4.78, 5) is 24.7. The molecule has 152 valence electrons. The number of amides is 2. The molecule has 7 nitrogen and oxygen atoms in total. The summed E-state index contributed by atoms with van der Waals surface area (Å²) in [5.74, 6) is -2.05. The third-order valence-electron chi connectivity index (χ3n) is 3.63. The van der Waals surface area contributed by atoms with Crippen molar-refractivity contribution in [2.24, 2.45) is 0 Å². The number of benzene rings is 1. The molecule has 2 N–H and O–H groups in total. The van der Waals surface area contributed by atoms with Gasteiger partial charge in [-0.25, -0.2) is 0 Å². The molecule has 0 aliphatic heterocycles. The minimum atomic E-state index is -5.09. The average molecular weight is 392 g/mol. The summed E-state index contributed by atoms with van der Waals surface area (Å²) in [6, 6.07) is 3.44. The number of aliphatic hydroxyl groups excluding tert-OH is 1. The third kappa shape index (κ3) is 6.63.